The topological polar surface area (TPSA) is 67.2 Å². The third-order valence-electron chi connectivity index (χ3n) is 5.12. The van der Waals surface area contributed by atoms with Crippen molar-refractivity contribution in [3.05, 3.63) is 48.0 Å². The molecule has 2 aliphatic rings. The highest BCUT2D eigenvalue weighted by atomic mass is 16.2. The number of carbonyl (C=O) groups is 2. The first-order valence-electron chi connectivity index (χ1n) is 8.77. The van der Waals surface area contributed by atoms with Gasteiger partial charge in [-0.05, 0) is 25.5 Å². The Morgan fingerprint density at radius 3 is 2.84 bits per heavy atom. The summed E-state index contributed by atoms with van der Waals surface area (Å²) in [5.74, 6) is 0.797. The summed E-state index contributed by atoms with van der Waals surface area (Å²) >= 11 is 0. The molecule has 0 unspecified atom stereocenters. The number of hydrogen-bond donors (Lipinski definition) is 1. The van der Waals surface area contributed by atoms with Crippen LogP contribution in [0.25, 0.3) is 0 Å². The first-order valence-corrected chi connectivity index (χ1v) is 8.77. The van der Waals surface area contributed by atoms with Gasteiger partial charge in [0.05, 0.1) is 5.92 Å². The van der Waals surface area contributed by atoms with Crippen molar-refractivity contribution >= 4 is 17.5 Å². The molecule has 0 aliphatic carbocycles. The van der Waals surface area contributed by atoms with E-state index in [1.807, 2.05) is 37.4 Å². The van der Waals surface area contributed by atoms with Gasteiger partial charge in [0, 0.05) is 50.1 Å². The van der Waals surface area contributed by atoms with Crippen LogP contribution in [-0.4, -0.2) is 34.0 Å². The monoisotopic (exact) mass is 338 g/mol. The van der Waals surface area contributed by atoms with Crippen molar-refractivity contribution in [3.8, 4) is 0 Å². The third-order valence-corrected chi connectivity index (χ3v) is 5.12. The molecule has 1 aromatic carbocycles. The van der Waals surface area contributed by atoms with Gasteiger partial charge in [0.15, 0.2) is 0 Å². The van der Waals surface area contributed by atoms with Crippen molar-refractivity contribution in [1.82, 2.24) is 14.9 Å². The van der Waals surface area contributed by atoms with Crippen LogP contribution < -0.4 is 10.2 Å². The predicted octanol–water partition coefficient (Wildman–Crippen LogP) is 1.68. The summed E-state index contributed by atoms with van der Waals surface area (Å²) in [7, 11) is 0. The molecule has 25 heavy (non-hydrogen) atoms. The second-order valence-corrected chi connectivity index (χ2v) is 6.98. The van der Waals surface area contributed by atoms with Gasteiger partial charge in [-0.25, -0.2) is 4.98 Å². The van der Waals surface area contributed by atoms with E-state index in [2.05, 4.69) is 14.9 Å². The minimum atomic E-state index is -0.280. The van der Waals surface area contributed by atoms with Crippen molar-refractivity contribution in [2.45, 2.75) is 38.8 Å². The van der Waals surface area contributed by atoms with E-state index in [0.29, 0.717) is 6.54 Å². The summed E-state index contributed by atoms with van der Waals surface area (Å²) in [4.78, 5) is 31.0. The fraction of sp³-hybridized carbons (Fsp3) is 0.421. The summed E-state index contributed by atoms with van der Waals surface area (Å²) in [5.41, 5.74) is 2.02. The van der Waals surface area contributed by atoms with Gasteiger partial charge >= 0.3 is 0 Å². The number of aryl methyl sites for hydroxylation is 2. The predicted molar refractivity (Wildman–Crippen MR) is 94.1 cm³/mol. The Hall–Kier alpha value is -2.63. The SMILES string of the molecule is Cc1ccc(N2C[C@@H](C(=O)N[C@H]3CCc4nccn4C3)CC2=O)cc1. The Morgan fingerprint density at radius 1 is 1.24 bits per heavy atom. The summed E-state index contributed by atoms with van der Waals surface area (Å²) in [6.45, 7) is 3.22. The first-order chi connectivity index (χ1) is 12.1. The first kappa shape index (κ1) is 15.9. The zero-order chi connectivity index (χ0) is 17.4. The van der Waals surface area contributed by atoms with Crippen molar-refractivity contribution < 1.29 is 9.59 Å². The van der Waals surface area contributed by atoms with Gasteiger partial charge < -0.3 is 14.8 Å². The lowest BCUT2D eigenvalue weighted by Gasteiger charge is -2.26. The summed E-state index contributed by atoms with van der Waals surface area (Å²) in [6.07, 6.45) is 5.80. The average molecular weight is 338 g/mol. The molecule has 1 aromatic heterocycles. The van der Waals surface area contributed by atoms with Crippen LogP contribution in [0.3, 0.4) is 0 Å². The molecule has 0 spiro atoms. The van der Waals surface area contributed by atoms with Crippen LogP contribution in [0.4, 0.5) is 5.69 Å². The number of benzene rings is 1. The maximum Gasteiger partial charge on any atom is 0.227 e. The molecule has 0 bridgehead atoms. The van der Waals surface area contributed by atoms with E-state index in [9.17, 15) is 9.59 Å². The summed E-state index contributed by atoms with van der Waals surface area (Å²) < 4.78 is 2.09. The van der Waals surface area contributed by atoms with E-state index in [1.165, 1.54) is 0 Å². The quantitative estimate of drug-likeness (QED) is 0.926. The molecule has 1 fully saturated rings. The summed E-state index contributed by atoms with van der Waals surface area (Å²) in [5, 5.41) is 3.13. The fourth-order valence-corrected chi connectivity index (χ4v) is 3.66. The molecular formula is C19H22N4O2. The second kappa shape index (κ2) is 6.35. The van der Waals surface area contributed by atoms with Gasteiger partial charge in [0.2, 0.25) is 11.8 Å². The largest absolute Gasteiger partial charge is 0.351 e. The van der Waals surface area contributed by atoms with Crippen molar-refractivity contribution in [3.63, 3.8) is 0 Å². The average Bonchev–Trinajstić information content (AvgIpc) is 3.22. The lowest BCUT2D eigenvalue weighted by Crippen LogP contribution is -2.44. The molecule has 6 nitrogen and oxygen atoms in total. The highest BCUT2D eigenvalue weighted by Crippen LogP contribution is 2.26. The lowest BCUT2D eigenvalue weighted by atomic mass is 10.0. The van der Waals surface area contributed by atoms with E-state index in [0.717, 1.165) is 36.5 Å². The van der Waals surface area contributed by atoms with E-state index < -0.39 is 0 Å². The van der Waals surface area contributed by atoms with Crippen LogP contribution in [0.5, 0.6) is 0 Å². The van der Waals surface area contributed by atoms with Crippen LogP contribution in [0.1, 0.15) is 24.2 Å². The fourth-order valence-electron chi connectivity index (χ4n) is 3.66. The van der Waals surface area contributed by atoms with Gasteiger partial charge in [-0.15, -0.1) is 0 Å². The molecule has 2 aromatic rings. The van der Waals surface area contributed by atoms with Crippen molar-refractivity contribution in [1.29, 1.82) is 0 Å². The minimum absolute atomic E-state index is 0.0171. The molecule has 2 atom stereocenters. The molecule has 130 valence electrons. The van der Waals surface area contributed by atoms with E-state index in [4.69, 9.17) is 0 Å². The molecule has 3 heterocycles. The zero-order valence-corrected chi connectivity index (χ0v) is 14.3. The maximum atomic E-state index is 12.6. The number of carbonyl (C=O) groups excluding carboxylic acids is 2. The van der Waals surface area contributed by atoms with E-state index in [-0.39, 0.29) is 30.2 Å². The Morgan fingerprint density at radius 2 is 2.04 bits per heavy atom. The van der Waals surface area contributed by atoms with Crippen molar-refractivity contribution in [2.24, 2.45) is 5.92 Å². The van der Waals surface area contributed by atoms with Gasteiger partial charge in [-0.2, -0.15) is 0 Å². The number of amides is 2. The summed E-state index contributed by atoms with van der Waals surface area (Å²) in [6, 6.07) is 7.96. The van der Waals surface area contributed by atoms with Crippen LogP contribution >= 0.6 is 0 Å². The van der Waals surface area contributed by atoms with Crippen molar-refractivity contribution in [2.75, 3.05) is 11.4 Å². The second-order valence-electron chi connectivity index (χ2n) is 6.98. The molecule has 1 saturated heterocycles. The molecule has 2 aliphatic heterocycles. The minimum Gasteiger partial charge on any atom is -0.351 e. The number of fused-ring (bicyclic) bond motifs is 1. The molecule has 1 N–H and O–H groups in total. The number of rotatable bonds is 3. The molecule has 0 radical (unpaired) electrons. The normalized spacial score (nSPS) is 22.8. The Balaban J connectivity index is 1.38. The van der Waals surface area contributed by atoms with Gasteiger partial charge in [-0.1, -0.05) is 17.7 Å². The zero-order valence-electron chi connectivity index (χ0n) is 14.3. The van der Waals surface area contributed by atoms with E-state index >= 15 is 0 Å². The third kappa shape index (κ3) is 3.16. The van der Waals surface area contributed by atoms with Crippen LogP contribution in [-0.2, 0) is 22.6 Å². The number of aromatic nitrogens is 2. The molecular weight excluding hydrogens is 316 g/mol. The van der Waals surface area contributed by atoms with Gasteiger partial charge in [0.25, 0.3) is 0 Å². The Kier molecular flexibility index (Phi) is 4.03. The smallest absolute Gasteiger partial charge is 0.227 e. The number of nitrogens with zero attached hydrogens (tertiary/aromatic N) is 3. The standard InChI is InChI=1S/C19H22N4O2/c1-13-2-5-16(6-3-13)23-11-14(10-18(23)24)19(25)21-15-4-7-17-20-8-9-22(17)12-15/h2-3,5-6,8-9,14-15H,4,7,10-12H2,1H3,(H,21,25)/t14-,15-/m0/s1. The number of hydrogen-bond acceptors (Lipinski definition) is 3. The Bertz CT molecular complexity index is 796. The maximum absolute atomic E-state index is 12.6. The lowest BCUT2D eigenvalue weighted by molar-refractivity contribution is -0.127. The van der Waals surface area contributed by atoms with Crippen LogP contribution in [0.2, 0.25) is 0 Å². The van der Waals surface area contributed by atoms with Crippen LogP contribution in [0.15, 0.2) is 36.7 Å². The number of imidazole rings is 1. The highest BCUT2D eigenvalue weighted by Gasteiger charge is 2.36. The van der Waals surface area contributed by atoms with Gasteiger partial charge in [0.1, 0.15) is 5.82 Å². The number of nitrogens with one attached hydrogen (secondary N) is 1. The highest BCUT2D eigenvalue weighted by molar-refractivity contribution is 6.00. The van der Waals surface area contributed by atoms with Gasteiger partial charge in [-0.3, -0.25) is 9.59 Å². The van der Waals surface area contributed by atoms with Crippen LogP contribution in [0, 0.1) is 12.8 Å². The number of anilines is 1. The van der Waals surface area contributed by atoms with E-state index in [1.54, 1.807) is 11.1 Å². The molecule has 2 amide bonds. The molecule has 0 saturated carbocycles. The Labute approximate surface area is 146 Å². The molecule has 4 rings (SSSR count). The molecule has 6 heteroatoms.